The lowest BCUT2D eigenvalue weighted by molar-refractivity contribution is -0.142. The van der Waals surface area contributed by atoms with Gasteiger partial charge < -0.3 is 15.0 Å². The van der Waals surface area contributed by atoms with Crippen LogP contribution in [-0.4, -0.2) is 42.5 Å². The number of hydrogen-bond donors (Lipinski definition) is 1. The van der Waals surface area contributed by atoms with Crippen molar-refractivity contribution in [1.29, 1.82) is 0 Å². The van der Waals surface area contributed by atoms with Crippen molar-refractivity contribution in [3.63, 3.8) is 0 Å². The van der Waals surface area contributed by atoms with E-state index in [2.05, 4.69) is 21.2 Å². The van der Waals surface area contributed by atoms with Gasteiger partial charge in [-0.2, -0.15) is 0 Å². The Bertz CT molecular complexity index is 832. The summed E-state index contributed by atoms with van der Waals surface area (Å²) in [5.41, 5.74) is 1.11. The molecule has 5 nitrogen and oxygen atoms in total. The predicted molar refractivity (Wildman–Crippen MR) is 124 cm³/mol. The van der Waals surface area contributed by atoms with E-state index in [4.69, 9.17) is 16.3 Å². The van der Waals surface area contributed by atoms with Gasteiger partial charge in [0, 0.05) is 17.6 Å². The van der Waals surface area contributed by atoms with E-state index in [-0.39, 0.29) is 18.4 Å². The number of ether oxygens (including phenoxy) is 1. The van der Waals surface area contributed by atoms with Crippen molar-refractivity contribution in [2.75, 3.05) is 19.7 Å². The van der Waals surface area contributed by atoms with E-state index in [1.54, 1.807) is 23.1 Å². The number of halogens is 2. The molecular weight excluding hydrogens is 468 g/mol. The zero-order chi connectivity index (χ0) is 21.9. The number of hydrogen-bond acceptors (Lipinski definition) is 3. The van der Waals surface area contributed by atoms with E-state index in [9.17, 15) is 9.59 Å². The summed E-state index contributed by atoms with van der Waals surface area (Å²) in [6.07, 6.45) is 2.02. The highest BCUT2D eigenvalue weighted by Crippen LogP contribution is 2.27. The fourth-order valence-corrected chi connectivity index (χ4v) is 3.80. The molecule has 0 fully saturated rings. The van der Waals surface area contributed by atoms with Gasteiger partial charge in [-0.05, 0) is 43.0 Å². The van der Waals surface area contributed by atoms with Gasteiger partial charge in [-0.25, -0.2) is 0 Å². The molecule has 0 aliphatic carbocycles. The number of nitrogens with zero attached hydrogens (tertiary/aromatic N) is 1. The topological polar surface area (TPSA) is 58.6 Å². The van der Waals surface area contributed by atoms with E-state index in [0.29, 0.717) is 36.7 Å². The number of amides is 2. The molecule has 30 heavy (non-hydrogen) atoms. The molecule has 0 aliphatic heterocycles. The lowest BCUT2D eigenvalue weighted by atomic mass is 10.1. The van der Waals surface area contributed by atoms with Gasteiger partial charge in [-0.15, -0.1) is 0 Å². The Labute approximate surface area is 191 Å². The first-order valence-corrected chi connectivity index (χ1v) is 11.3. The van der Waals surface area contributed by atoms with E-state index in [1.807, 2.05) is 44.2 Å². The Morgan fingerprint density at radius 3 is 2.53 bits per heavy atom. The van der Waals surface area contributed by atoms with Gasteiger partial charge in [0.15, 0.2) is 6.61 Å². The quantitative estimate of drug-likeness (QED) is 0.484. The highest BCUT2D eigenvalue weighted by molar-refractivity contribution is 9.10. The van der Waals surface area contributed by atoms with Crippen LogP contribution in [0.15, 0.2) is 53.0 Å². The van der Waals surface area contributed by atoms with Crippen molar-refractivity contribution >= 4 is 39.3 Å². The van der Waals surface area contributed by atoms with Gasteiger partial charge in [0.25, 0.3) is 5.91 Å². The van der Waals surface area contributed by atoms with E-state index < -0.39 is 6.04 Å². The van der Waals surface area contributed by atoms with Crippen LogP contribution in [0.5, 0.6) is 5.75 Å². The zero-order valence-electron chi connectivity index (χ0n) is 17.4. The number of nitrogens with one attached hydrogen (secondary N) is 1. The summed E-state index contributed by atoms with van der Waals surface area (Å²) in [7, 11) is 0. The van der Waals surface area contributed by atoms with Crippen molar-refractivity contribution in [1.82, 2.24) is 10.2 Å². The first kappa shape index (κ1) is 24.2. The molecule has 1 atom stereocenters. The summed E-state index contributed by atoms with van der Waals surface area (Å²) in [5.74, 6) is 0.0468. The Hall–Kier alpha value is -2.05. The van der Waals surface area contributed by atoms with Crippen LogP contribution in [0.4, 0.5) is 0 Å². The number of benzene rings is 2. The van der Waals surface area contributed by atoms with Crippen LogP contribution in [0.25, 0.3) is 0 Å². The maximum Gasteiger partial charge on any atom is 0.261 e. The molecule has 7 heteroatoms. The summed E-state index contributed by atoms with van der Waals surface area (Å²) >= 11 is 9.53. The van der Waals surface area contributed by atoms with E-state index in [1.165, 1.54) is 0 Å². The molecular formula is C23H28BrClN2O3. The Balaban J connectivity index is 2.12. The summed E-state index contributed by atoms with van der Waals surface area (Å²) in [4.78, 5) is 27.4. The van der Waals surface area contributed by atoms with Crippen LogP contribution in [0.3, 0.4) is 0 Å². The average Bonchev–Trinajstić information content (AvgIpc) is 2.74. The minimum atomic E-state index is -0.545. The number of carbonyl (C=O) groups is 2. The molecule has 0 radical (unpaired) electrons. The van der Waals surface area contributed by atoms with E-state index in [0.717, 1.165) is 16.5 Å². The van der Waals surface area contributed by atoms with Gasteiger partial charge in [0.05, 0.1) is 5.02 Å². The summed E-state index contributed by atoms with van der Waals surface area (Å²) in [6.45, 7) is 4.73. The summed E-state index contributed by atoms with van der Waals surface area (Å²) < 4.78 is 6.49. The number of carbonyl (C=O) groups excluding carboxylic acids is 2. The van der Waals surface area contributed by atoms with Gasteiger partial charge in [-0.1, -0.05) is 71.7 Å². The van der Waals surface area contributed by atoms with Gasteiger partial charge in [0.2, 0.25) is 5.91 Å². The van der Waals surface area contributed by atoms with Crippen molar-refractivity contribution in [3.8, 4) is 5.75 Å². The normalized spacial score (nSPS) is 11.6. The second-order valence-corrected chi connectivity index (χ2v) is 8.22. The minimum Gasteiger partial charge on any atom is -0.482 e. The third-order valence-electron chi connectivity index (χ3n) is 4.66. The molecule has 0 aromatic heterocycles. The SMILES string of the molecule is CCCNC(=O)[C@H](CC)N(CCc1ccccc1)C(=O)COc1ccc(Br)cc1Cl. The van der Waals surface area contributed by atoms with Crippen LogP contribution in [0, 0.1) is 0 Å². The molecule has 2 amide bonds. The highest BCUT2D eigenvalue weighted by atomic mass is 79.9. The van der Waals surface area contributed by atoms with Crippen LogP contribution in [-0.2, 0) is 16.0 Å². The fraction of sp³-hybridized carbons (Fsp3) is 0.391. The monoisotopic (exact) mass is 494 g/mol. The second-order valence-electron chi connectivity index (χ2n) is 6.90. The molecule has 0 saturated heterocycles. The maximum atomic E-state index is 13.1. The maximum absolute atomic E-state index is 13.1. The van der Waals surface area contributed by atoms with Crippen molar-refractivity contribution in [2.24, 2.45) is 0 Å². The van der Waals surface area contributed by atoms with Crippen molar-refractivity contribution in [3.05, 3.63) is 63.6 Å². The molecule has 0 heterocycles. The standard InChI is InChI=1S/C23H28BrClN2O3/c1-3-13-26-23(29)20(4-2)27(14-12-17-8-6-5-7-9-17)22(28)16-30-21-11-10-18(24)15-19(21)25/h5-11,15,20H,3-4,12-14,16H2,1-2H3,(H,26,29)/t20-/m0/s1. The molecule has 162 valence electrons. The highest BCUT2D eigenvalue weighted by Gasteiger charge is 2.28. The molecule has 0 saturated carbocycles. The summed E-state index contributed by atoms with van der Waals surface area (Å²) in [6, 6.07) is 14.6. The molecule has 2 rings (SSSR count). The first-order chi connectivity index (χ1) is 14.5. The summed E-state index contributed by atoms with van der Waals surface area (Å²) in [5, 5.41) is 3.32. The predicted octanol–water partition coefficient (Wildman–Crippen LogP) is 4.86. The molecule has 2 aromatic carbocycles. The second kappa shape index (κ2) is 12.6. The molecule has 0 spiro atoms. The first-order valence-electron chi connectivity index (χ1n) is 10.1. The zero-order valence-corrected chi connectivity index (χ0v) is 19.7. The third-order valence-corrected chi connectivity index (χ3v) is 5.45. The average molecular weight is 496 g/mol. The largest absolute Gasteiger partial charge is 0.482 e. The van der Waals surface area contributed by atoms with Gasteiger partial charge >= 0.3 is 0 Å². The minimum absolute atomic E-state index is 0.137. The van der Waals surface area contributed by atoms with Crippen LogP contribution < -0.4 is 10.1 Å². The molecule has 2 aromatic rings. The lowest BCUT2D eigenvalue weighted by Crippen LogP contribution is -2.51. The Kier molecular flexibility index (Phi) is 10.2. The van der Waals surface area contributed by atoms with Crippen LogP contribution in [0.2, 0.25) is 5.02 Å². The molecule has 0 aliphatic rings. The lowest BCUT2D eigenvalue weighted by Gasteiger charge is -2.30. The number of rotatable bonds is 11. The van der Waals surface area contributed by atoms with Crippen molar-refractivity contribution in [2.45, 2.75) is 39.2 Å². The molecule has 0 bridgehead atoms. The Morgan fingerprint density at radius 2 is 1.90 bits per heavy atom. The molecule has 1 N–H and O–H groups in total. The van der Waals surface area contributed by atoms with Crippen molar-refractivity contribution < 1.29 is 14.3 Å². The smallest absolute Gasteiger partial charge is 0.261 e. The fourth-order valence-electron chi connectivity index (χ4n) is 3.08. The molecule has 0 unspecified atom stereocenters. The van der Waals surface area contributed by atoms with Gasteiger partial charge in [0.1, 0.15) is 11.8 Å². The van der Waals surface area contributed by atoms with Gasteiger partial charge in [-0.3, -0.25) is 9.59 Å². The van der Waals surface area contributed by atoms with E-state index >= 15 is 0 Å². The third kappa shape index (κ3) is 7.33. The van der Waals surface area contributed by atoms with Crippen LogP contribution >= 0.6 is 27.5 Å². The van der Waals surface area contributed by atoms with Crippen LogP contribution in [0.1, 0.15) is 32.3 Å². The Morgan fingerprint density at radius 1 is 1.17 bits per heavy atom.